The Balaban J connectivity index is 2.56. The highest BCUT2D eigenvalue weighted by Crippen LogP contribution is 2.25. The van der Waals surface area contributed by atoms with E-state index < -0.39 is 0 Å². The van der Waals surface area contributed by atoms with Gasteiger partial charge in [-0.3, -0.25) is 0 Å². The van der Waals surface area contributed by atoms with Crippen LogP contribution in [0.3, 0.4) is 0 Å². The molecule has 0 aliphatic heterocycles. The van der Waals surface area contributed by atoms with E-state index in [1.54, 1.807) is 18.9 Å². The van der Waals surface area contributed by atoms with Crippen molar-refractivity contribution >= 4 is 17.4 Å². The van der Waals surface area contributed by atoms with E-state index in [4.69, 9.17) is 10.5 Å². The molecule has 0 aromatic heterocycles. The Morgan fingerprint density at radius 3 is 2.85 bits per heavy atom. The predicted octanol–water partition coefficient (Wildman–Crippen LogP) is 2.32. The lowest BCUT2D eigenvalue weighted by Crippen LogP contribution is -1.94. The van der Waals surface area contributed by atoms with Crippen LogP contribution in [-0.4, -0.2) is 19.5 Å². The summed E-state index contributed by atoms with van der Waals surface area (Å²) in [5.74, 6) is 0.948. The summed E-state index contributed by atoms with van der Waals surface area (Å²) >= 11 is 1.73. The van der Waals surface area contributed by atoms with Gasteiger partial charge in [0.15, 0.2) is 0 Å². The molecule has 0 fully saturated rings. The van der Waals surface area contributed by atoms with Gasteiger partial charge in [-0.25, -0.2) is 0 Å². The quantitative estimate of drug-likeness (QED) is 0.457. The number of hydrogen-bond donors (Lipinski definition) is 1. The van der Waals surface area contributed by atoms with Crippen molar-refractivity contribution in [2.45, 2.75) is 11.8 Å². The Kier molecular flexibility index (Phi) is 4.12. The molecule has 0 radical (unpaired) electrons. The molecule has 1 rings (SSSR count). The molecule has 0 spiro atoms. The number of nitrogen functional groups attached to an aromatic ring is 1. The SMILES string of the molecule is COCCSc1ccc(C)cc1N. The maximum absolute atomic E-state index is 5.84. The van der Waals surface area contributed by atoms with Gasteiger partial charge in [-0.1, -0.05) is 6.07 Å². The van der Waals surface area contributed by atoms with Gasteiger partial charge in [-0.05, 0) is 24.6 Å². The molecule has 0 saturated carbocycles. The molecule has 72 valence electrons. The van der Waals surface area contributed by atoms with Crippen molar-refractivity contribution in [3.05, 3.63) is 23.8 Å². The van der Waals surface area contributed by atoms with Crippen LogP contribution >= 0.6 is 11.8 Å². The zero-order valence-electron chi connectivity index (χ0n) is 8.04. The van der Waals surface area contributed by atoms with E-state index >= 15 is 0 Å². The fraction of sp³-hybridized carbons (Fsp3) is 0.400. The Morgan fingerprint density at radius 1 is 1.46 bits per heavy atom. The normalized spacial score (nSPS) is 10.3. The van der Waals surface area contributed by atoms with Gasteiger partial charge in [0.25, 0.3) is 0 Å². The number of anilines is 1. The van der Waals surface area contributed by atoms with Crippen LogP contribution in [0, 0.1) is 6.92 Å². The number of rotatable bonds is 4. The minimum Gasteiger partial charge on any atom is -0.398 e. The fourth-order valence-electron chi connectivity index (χ4n) is 1.03. The summed E-state index contributed by atoms with van der Waals surface area (Å²) in [6.07, 6.45) is 0. The number of hydrogen-bond acceptors (Lipinski definition) is 3. The molecule has 13 heavy (non-hydrogen) atoms. The van der Waals surface area contributed by atoms with Crippen LogP contribution in [0.1, 0.15) is 5.56 Å². The molecular formula is C10H15NOS. The first-order valence-electron chi connectivity index (χ1n) is 4.22. The first-order valence-corrected chi connectivity index (χ1v) is 5.20. The Morgan fingerprint density at radius 2 is 2.23 bits per heavy atom. The van der Waals surface area contributed by atoms with Gasteiger partial charge < -0.3 is 10.5 Å². The molecule has 0 aliphatic carbocycles. The van der Waals surface area contributed by atoms with Gasteiger partial charge in [0.2, 0.25) is 0 Å². The molecule has 0 amide bonds. The molecule has 2 nitrogen and oxygen atoms in total. The van der Waals surface area contributed by atoms with Crippen molar-refractivity contribution in [1.29, 1.82) is 0 Å². The van der Waals surface area contributed by atoms with Crippen molar-refractivity contribution in [3.63, 3.8) is 0 Å². The fourth-order valence-corrected chi connectivity index (χ4v) is 1.89. The number of benzene rings is 1. The van der Waals surface area contributed by atoms with Crippen molar-refractivity contribution in [1.82, 2.24) is 0 Å². The Labute approximate surface area is 83.5 Å². The highest BCUT2D eigenvalue weighted by Gasteiger charge is 1.98. The average Bonchev–Trinajstić information content (AvgIpc) is 2.09. The second-order valence-corrected chi connectivity index (χ2v) is 4.02. The largest absolute Gasteiger partial charge is 0.398 e. The highest BCUT2D eigenvalue weighted by atomic mass is 32.2. The van der Waals surface area contributed by atoms with Gasteiger partial charge in [0.1, 0.15) is 0 Å². The molecule has 0 bridgehead atoms. The van der Waals surface area contributed by atoms with Crippen LogP contribution in [0.25, 0.3) is 0 Å². The predicted molar refractivity (Wildman–Crippen MR) is 58.2 cm³/mol. The zero-order valence-corrected chi connectivity index (χ0v) is 8.86. The van der Waals surface area contributed by atoms with E-state index in [0.29, 0.717) is 0 Å². The van der Waals surface area contributed by atoms with E-state index in [2.05, 4.69) is 12.1 Å². The van der Waals surface area contributed by atoms with Crippen LogP contribution in [0.5, 0.6) is 0 Å². The second kappa shape index (κ2) is 5.14. The molecule has 1 aromatic rings. The number of methoxy groups -OCH3 is 1. The van der Waals surface area contributed by atoms with Gasteiger partial charge in [0, 0.05) is 23.4 Å². The maximum atomic E-state index is 5.84. The third kappa shape index (κ3) is 3.28. The van der Waals surface area contributed by atoms with Crippen LogP contribution in [0.2, 0.25) is 0 Å². The molecule has 0 atom stereocenters. The van der Waals surface area contributed by atoms with Gasteiger partial charge in [0.05, 0.1) is 6.61 Å². The number of aryl methyl sites for hydroxylation is 1. The number of thioether (sulfide) groups is 1. The zero-order chi connectivity index (χ0) is 9.68. The second-order valence-electron chi connectivity index (χ2n) is 2.88. The molecular weight excluding hydrogens is 182 g/mol. The molecule has 0 heterocycles. The van der Waals surface area contributed by atoms with Crippen LogP contribution < -0.4 is 5.73 Å². The topological polar surface area (TPSA) is 35.2 Å². The lowest BCUT2D eigenvalue weighted by molar-refractivity contribution is 0.218. The van der Waals surface area contributed by atoms with Crippen LogP contribution in [0.15, 0.2) is 23.1 Å². The smallest absolute Gasteiger partial charge is 0.0556 e. The standard InChI is InChI=1S/C10H15NOS/c1-8-3-4-10(9(11)7-8)13-6-5-12-2/h3-4,7H,5-6,11H2,1-2H3. The first-order chi connectivity index (χ1) is 6.24. The summed E-state index contributed by atoms with van der Waals surface area (Å²) in [5, 5.41) is 0. The number of nitrogens with two attached hydrogens (primary N) is 1. The molecule has 0 unspecified atom stereocenters. The van der Waals surface area contributed by atoms with Crippen LogP contribution in [-0.2, 0) is 4.74 Å². The molecule has 0 saturated heterocycles. The molecule has 0 aliphatic rings. The van der Waals surface area contributed by atoms with E-state index in [1.165, 1.54) is 5.56 Å². The average molecular weight is 197 g/mol. The van der Waals surface area contributed by atoms with E-state index in [9.17, 15) is 0 Å². The van der Waals surface area contributed by atoms with E-state index in [0.717, 1.165) is 22.9 Å². The summed E-state index contributed by atoms with van der Waals surface area (Å²) in [5.41, 5.74) is 7.91. The molecule has 2 N–H and O–H groups in total. The van der Waals surface area contributed by atoms with E-state index in [1.807, 2.05) is 13.0 Å². The monoisotopic (exact) mass is 197 g/mol. The van der Waals surface area contributed by atoms with Gasteiger partial charge in [-0.15, -0.1) is 11.8 Å². The highest BCUT2D eigenvalue weighted by molar-refractivity contribution is 7.99. The van der Waals surface area contributed by atoms with Crippen molar-refractivity contribution in [2.24, 2.45) is 0 Å². The summed E-state index contributed by atoms with van der Waals surface area (Å²) < 4.78 is 4.97. The minimum absolute atomic E-state index is 0.762. The maximum Gasteiger partial charge on any atom is 0.0556 e. The third-order valence-corrected chi connectivity index (χ3v) is 2.76. The third-order valence-electron chi connectivity index (χ3n) is 1.71. The summed E-state index contributed by atoms with van der Waals surface area (Å²) in [6, 6.07) is 6.13. The number of ether oxygens (including phenoxy) is 1. The molecule has 3 heteroatoms. The van der Waals surface area contributed by atoms with Crippen molar-refractivity contribution in [2.75, 3.05) is 25.2 Å². The lowest BCUT2D eigenvalue weighted by Gasteiger charge is -2.05. The van der Waals surface area contributed by atoms with Crippen molar-refractivity contribution < 1.29 is 4.74 Å². The molecule has 1 aromatic carbocycles. The van der Waals surface area contributed by atoms with Gasteiger partial charge in [-0.2, -0.15) is 0 Å². The summed E-state index contributed by atoms with van der Waals surface area (Å²) in [7, 11) is 1.71. The van der Waals surface area contributed by atoms with Crippen molar-refractivity contribution in [3.8, 4) is 0 Å². The Hall–Kier alpha value is -0.670. The first kappa shape index (κ1) is 10.4. The Bertz CT molecular complexity index is 276. The minimum atomic E-state index is 0.762. The summed E-state index contributed by atoms with van der Waals surface area (Å²) in [4.78, 5) is 1.14. The van der Waals surface area contributed by atoms with Crippen LogP contribution in [0.4, 0.5) is 5.69 Å². The summed E-state index contributed by atoms with van der Waals surface area (Å²) in [6.45, 7) is 2.80. The van der Waals surface area contributed by atoms with E-state index in [-0.39, 0.29) is 0 Å². The lowest BCUT2D eigenvalue weighted by atomic mass is 10.2. The van der Waals surface area contributed by atoms with Gasteiger partial charge >= 0.3 is 0 Å².